The molecule has 0 aromatic rings. The number of rotatable bonds is 22. The van der Waals surface area contributed by atoms with Crippen LogP contribution in [0.1, 0.15) is 148 Å². The maximum atomic E-state index is 14.7. The lowest BCUT2D eigenvalue weighted by atomic mass is 9.57. The van der Waals surface area contributed by atoms with E-state index in [0.717, 1.165) is 6.04 Å². The van der Waals surface area contributed by atoms with Gasteiger partial charge in [0.15, 0.2) is 8.32 Å². The third-order valence-electron chi connectivity index (χ3n) is 16.7. The smallest absolute Gasteiger partial charge is 0.318 e. The van der Waals surface area contributed by atoms with Crippen molar-refractivity contribution >= 4 is 67.7 Å². The summed E-state index contributed by atoms with van der Waals surface area (Å²) in [6.45, 7) is 32.8. The number of aliphatic carboxylic acids is 1. The molecule has 2 aliphatic heterocycles. The molecule has 2 saturated carbocycles. The molecule has 0 aromatic heterocycles. The van der Waals surface area contributed by atoms with Crippen LogP contribution >= 0.6 is 0 Å². The highest BCUT2D eigenvalue weighted by Gasteiger charge is 2.67. The Morgan fingerprint density at radius 1 is 0.829 bits per heavy atom. The van der Waals surface area contributed by atoms with Crippen LogP contribution < -0.4 is 0 Å². The minimum atomic E-state index is -1.92. The summed E-state index contributed by atoms with van der Waals surface area (Å²) < 4.78 is 35.8. The maximum Gasteiger partial charge on any atom is 0.318 e. The van der Waals surface area contributed by atoms with Crippen molar-refractivity contribution in [2.24, 2.45) is 70.0 Å². The molecule has 400 valence electrons. The molecule has 0 amide bonds. The van der Waals surface area contributed by atoms with Gasteiger partial charge in [-0.1, -0.05) is 59.4 Å². The predicted octanol–water partition coefficient (Wildman–Crippen LogP) is 9.50. The molecule has 2 bridgehead atoms. The van der Waals surface area contributed by atoms with Crippen LogP contribution in [0.5, 0.6) is 0 Å². The Balaban J connectivity index is 1.53. The number of esters is 6. The molecule has 1 N–H and O–H groups in total. The SMILES string of the molecule is CCC(C)C(=O)OC(C)(C)CCC(C)(C)OC(=O)C(CC)CC(C)(CC(C)(C(=O)OC(C)(C)C)C1C(=O)OC(=O)C1C1C2CC(C(=O)OCCO[Si]3(C)CC(C)C[SiH](C)C[SiH](C)C3)C(C2)C1C)C(=O)O. The molecule has 14 nitrogen and oxygen atoms in total. The Kier molecular flexibility index (Phi) is 19.7. The minimum Gasteiger partial charge on any atom is -0.481 e. The summed E-state index contributed by atoms with van der Waals surface area (Å²) in [6, 6.07) is 2.53. The van der Waals surface area contributed by atoms with E-state index in [9.17, 15) is 38.7 Å². The molecule has 17 heteroatoms. The zero-order chi connectivity index (χ0) is 53.1. The van der Waals surface area contributed by atoms with E-state index in [-0.39, 0.29) is 55.1 Å². The summed E-state index contributed by atoms with van der Waals surface area (Å²) in [7, 11) is -3.39. The third kappa shape index (κ3) is 14.9. The van der Waals surface area contributed by atoms with Crippen molar-refractivity contribution in [3.63, 3.8) is 0 Å². The lowest BCUT2D eigenvalue weighted by molar-refractivity contribution is -0.181. The fourth-order valence-electron chi connectivity index (χ4n) is 13.3. The summed E-state index contributed by atoms with van der Waals surface area (Å²) in [5, 5.41) is 11.1. The molecule has 0 radical (unpaired) electrons. The van der Waals surface area contributed by atoms with Crippen molar-refractivity contribution in [2.75, 3.05) is 13.2 Å². The summed E-state index contributed by atoms with van der Waals surface area (Å²) >= 11 is 0. The second-order valence-corrected chi connectivity index (χ2v) is 37.8. The minimum absolute atomic E-state index is 0.132. The number of carbonyl (C=O) groups is 7. The van der Waals surface area contributed by atoms with E-state index < -0.39 is 119 Å². The number of hydrogen-bond donors (Lipinski definition) is 1. The van der Waals surface area contributed by atoms with Gasteiger partial charge in [-0.05, 0) is 162 Å². The molecule has 2 aliphatic carbocycles. The van der Waals surface area contributed by atoms with Crippen molar-refractivity contribution in [1.29, 1.82) is 0 Å². The first-order valence-electron chi connectivity index (χ1n) is 26.6. The van der Waals surface area contributed by atoms with Crippen molar-refractivity contribution in [3.8, 4) is 0 Å². The largest absolute Gasteiger partial charge is 0.481 e. The molecule has 2 saturated heterocycles. The van der Waals surface area contributed by atoms with Crippen LogP contribution in [0.15, 0.2) is 0 Å². The molecule has 15 unspecified atom stereocenters. The monoisotopic (exact) mass is 1040 g/mol. The second-order valence-electron chi connectivity index (χ2n) is 25.8. The van der Waals surface area contributed by atoms with Gasteiger partial charge in [0.05, 0.1) is 47.0 Å². The highest BCUT2D eigenvalue weighted by Crippen LogP contribution is 2.62. The Hall–Kier alpha value is -2.90. The normalized spacial score (nSPS) is 32.1. The van der Waals surface area contributed by atoms with E-state index in [1.54, 1.807) is 41.5 Å². The first kappa shape index (κ1) is 59.7. The Bertz CT molecular complexity index is 1900. The third-order valence-corrected chi connectivity index (χ3v) is 33.4. The zero-order valence-electron chi connectivity index (χ0n) is 46.1. The van der Waals surface area contributed by atoms with Crippen LogP contribution in [0.3, 0.4) is 0 Å². The van der Waals surface area contributed by atoms with Gasteiger partial charge in [-0.2, -0.15) is 0 Å². The van der Waals surface area contributed by atoms with Gasteiger partial charge in [0.2, 0.25) is 0 Å². The number of carbonyl (C=O) groups excluding carboxylic acids is 6. The van der Waals surface area contributed by atoms with Crippen LogP contribution in [-0.2, 0) is 61.7 Å². The predicted molar refractivity (Wildman–Crippen MR) is 275 cm³/mol. The van der Waals surface area contributed by atoms with Gasteiger partial charge in [0.25, 0.3) is 0 Å². The zero-order valence-corrected chi connectivity index (χ0v) is 49.4. The molecule has 70 heavy (non-hydrogen) atoms. The van der Waals surface area contributed by atoms with E-state index in [2.05, 4.69) is 26.6 Å². The van der Waals surface area contributed by atoms with Gasteiger partial charge >= 0.3 is 41.8 Å². The number of ether oxygens (including phenoxy) is 5. The second kappa shape index (κ2) is 23.1. The average molecular weight is 1040 g/mol. The standard InChI is InChI=1S/C53H92O14Si3/c1-18-33(4)42(54)65-50(9,10)20-21-51(11,12)66-43(55)35(19-2)26-52(13,47(59)60)29-53(14,48(61)67-49(6,7)8)41-40(45(57)64-46(41)58)39-34(5)37-24-36(39)25-38(37)44(56)62-22-23-63-70(17)28-32(3)27-68(15)30-69(16)31-70/h32-41,68-69H,18-31H2,1-17H3,(H,59,60). The summed E-state index contributed by atoms with van der Waals surface area (Å²) in [5.41, 5.74) is -3.85. The Labute approximate surface area is 424 Å². The van der Waals surface area contributed by atoms with Crippen molar-refractivity contribution in [1.82, 2.24) is 0 Å². The van der Waals surface area contributed by atoms with E-state index in [1.165, 1.54) is 31.2 Å². The van der Waals surface area contributed by atoms with Crippen LogP contribution in [0.25, 0.3) is 0 Å². The van der Waals surface area contributed by atoms with Crippen LogP contribution in [0.2, 0.25) is 43.1 Å². The number of fused-ring (bicyclic) bond motifs is 2. The summed E-state index contributed by atoms with van der Waals surface area (Å²) in [6.07, 6.45) is 1.99. The number of carboxylic acids is 1. The van der Waals surface area contributed by atoms with Crippen LogP contribution in [-0.4, -0.2) is 103 Å². The quantitative estimate of drug-likeness (QED) is 0.0354. The van der Waals surface area contributed by atoms with E-state index in [4.69, 9.17) is 28.1 Å². The molecular weight excluding hydrogens is 945 g/mol. The van der Waals surface area contributed by atoms with Crippen molar-refractivity contribution < 1.29 is 66.8 Å². The Morgan fingerprint density at radius 2 is 1.43 bits per heavy atom. The first-order valence-corrected chi connectivity index (χ1v) is 35.0. The number of hydrogen-bond acceptors (Lipinski definition) is 13. The number of carboxylic acid groups (broad SMARTS) is 1. The number of cyclic esters (lactones) is 2. The van der Waals surface area contributed by atoms with Gasteiger partial charge in [-0.3, -0.25) is 33.6 Å². The van der Waals surface area contributed by atoms with E-state index >= 15 is 0 Å². The fourth-order valence-corrected chi connectivity index (χ4v) is 33.0. The molecule has 2 heterocycles. The van der Waals surface area contributed by atoms with E-state index in [0.29, 0.717) is 44.6 Å². The van der Waals surface area contributed by atoms with Crippen molar-refractivity contribution in [2.45, 2.75) is 208 Å². The molecular formula is C53H92O14Si3. The average Bonchev–Trinajstić information content (AvgIpc) is 3.88. The van der Waals surface area contributed by atoms with Gasteiger partial charge in [0.1, 0.15) is 23.4 Å². The van der Waals surface area contributed by atoms with Crippen LogP contribution in [0, 0.1) is 70.0 Å². The van der Waals surface area contributed by atoms with Crippen molar-refractivity contribution in [3.05, 3.63) is 0 Å². The van der Waals surface area contributed by atoms with Gasteiger partial charge in [-0.25, -0.2) is 0 Å². The topological polar surface area (TPSA) is 195 Å². The van der Waals surface area contributed by atoms with E-state index in [1.807, 2.05) is 34.6 Å². The van der Waals surface area contributed by atoms with Gasteiger partial charge in [0, 0.05) is 17.6 Å². The fraction of sp³-hybridized carbons (Fsp3) is 0.868. The highest BCUT2D eigenvalue weighted by molar-refractivity contribution is 6.89. The maximum absolute atomic E-state index is 14.7. The first-order chi connectivity index (χ1) is 32.1. The molecule has 0 aromatic carbocycles. The lowest BCUT2D eigenvalue weighted by Crippen LogP contribution is -2.52. The molecule has 4 fully saturated rings. The van der Waals surface area contributed by atoms with Crippen LogP contribution in [0.4, 0.5) is 0 Å². The summed E-state index contributed by atoms with van der Waals surface area (Å²) in [4.78, 5) is 96.9. The lowest BCUT2D eigenvalue weighted by Gasteiger charge is -2.44. The van der Waals surface area contributed by atoms with Gasteiger partial charge in [-0.15, -0.1) is 0 Å². The summed E-state index contributed by atoms with van der Waals surface area (Å²) in [5.74, 6) is -9.39. The Morgan fingerprint density at radius 3 is 1.97 bits per heavy atom. The van der Waals surface area contributed by atoms with Gasteiger partial charge < -0.3 is 33.2 Å². The highest BCUT2D eigenvalue weighted by atomic mass is 28.4. The molecule has 4 aliphatic rings. The molecule has 0 spiro atoms. The molecule has 4 rings (SSSR count). The molecule has 15 atom stereocenters.